The van der Waals surface area contributed by atoms with Gasteiger partial charge in [-0.1, -0.05) is 18.2 Å². The molecule has 0 unspecified atom stereocenters. The molecule has 156 valence electrons. The van der Waals surface area contributed by atoms with Gasteiger partial charge in [-0.2, -0.15) is 4.31 Å². The van der Waals surface area contributed by atoms with Crippen molar-refractivity contribution in [1.29, 1.82) is 0 Å². The molecule has 2 aromatic heterocycles. The highest BCUT2D eigenvalue weighted by Crippen LogP contribution is 2.30. The highest BCUT2D eigenvalue weighted by molar-refractivity contribution is 7.89. The fourth-order valence-corrected chi connectivity index (χ4v) is 5.22. The average molecular weight is 426 g/mol. The van der Waals surface area contributed by atoms with Crippen LogP contribution in [0, 0.1) is 0 Å². The predicted octanol–water partition coefficient (Wildman–Crippen LogP) is 2.15. The zero-order chi connectivity index (χ0) is 21.3. The summed E-state index contributed by atoms with van der Waals surface area (Å²) >= 11 is 0. The van der Waals surface area contributed by atoms with E-state index in [9.17, 15) is 13.2 Å². The predicted molar refractivity (Wildman–Crippen MR) is 112 cm³/mol. The smallest absolute Gasteiger partial charge is 0.262 e. The number of carbonyl (C=O) groups excluding carboxylic acids is 1. The van der Waals surface area contributed by atoms with E-state index in [2.05, 4.69) is 4.98 Å². The molecular weight excluding hydrogens is 402 g/mol. The first-order valence-corrected chi connectivity index (χ1v) is 11.1. The molecule has 8 nitrogen and oxygen atoms in total. The minimum Gasteiger partial charge on any atom is -0.366 e. The Hall–Kier alpha value is -3.04. The summed E-state index contributed by atoms with van der Waals surface area (Å²) in [5.41, 5.74) is 8.15. The number of primary amides is 1. The Bertz CT molecular complexity index is 1190. The molecule has 0 radical (unpaired) electrons. The lowest BCUT2D eigenvalue weighted by atomic mass is 9.95. The number of sulfonamides is 1. The maximum absolute atomic E-state index is 13.0. The Morgan fingerprint density at radius 1 is 1.20 bits per heavy atom. The van der Waals surface area contributed by atoms with E-state index in [4.69, 9.17) is 10.7 Å². The molecule has 1 aliphatic heterocycles. The van der Waals surface area contributed by atoms with E-state index < -0.39 is 15.9 Å². The molecule has 30 heavy (non-hydrogen) atoms. The minimum atomic E-state index is -3.64. The highest BCUT2D eigenvalue weighted by Gasteiger charge is 2.32. The Morgan fingerprint density at radius 3 is 2.73 bits per heavy atom. The number of hydrogen-bond acceptors (Lipinski definition) is 5. The van der Waals surface area contributed by atoms with Crippen LogP contribution in [-0.4, -0.2) is 46.3 Å². The van der Waals surface area contributed by atoms with Gasteiger partial charge in [0.05, 0.1) is 12.0 Å². The first-order valence-electron chi connectivity index (χ1n) is 9.70. The summed E-state index contributed by atoms with van der Waals surface area (Å²) in [5, 5.41) is 0.0654. The van der Waals surface area contributed by atoms with Crippen LogP contribution in [0.2, 0.25) is 0 Å². The molecule has 4 rings (SSSR count). The number of piperidine rings is 1. The molecule has 1 atom stereocenters. The summed E-state index contributed by atoms with van der Waals surface area (Å²) in [5.74, 6) is -0.507. The van der Waals surface area contributed by atoms with Crippen LogP contribution >= 0.6 is 0 Å². The van der Waals surface area contributed by atoms with Gasteiger partial charge in [0.15, 0.2) is 5.03 Å². The average Bonchev–Trinajstić information content (AvgIpc) is 3.21. The molecule has 0 aliphatic carbocycles. The Labute approximate surface area is 175 Å². The van der Waals surface area contributed by atoms with Crippen LogP contribution in [0.25, 0.3) is 11.3 Å². The van der Waals surface area contributed by atoms with Gasteiger partial charge in [0.2, 0.25) is 5.91 Å². The lowest BCUT2D eigenvalue weighted by molar-refractivity contribution is 0.100. The lowest BCUT2D eigenvalue weighted by Crippen LogP contribution is -2.39. The van der Waals surface area contributed by atoms with E-state index in [0.717, 1.165) is 29.8 Å². The molecule has 9 heteroatoms. The third-order valence-electron chi connectivity index (χ3n) is 5.30. The zero-order valence-electron chi connectivity index (χ0n) is 16.6. The van der Waals surface area contributed by atoms with Crippen LogP contribution in [0.4, 0.5) is 0 Å². The number of aryl methyl sites for hydroxylation is 1. The quantitative estimate of drug-likeness (QED) is 0.673. The molecule has 0 saturated carbocycles. The van der Waals surface area contributed by atoms with Crippen molar-refractivity contribution in [3.8, 4) is 11.3 Å². The summed E-state index contributed by atoms with van der Waals surface area (Å²) in [6.45, 7) is 0.826. The van der Waals surface area contributed by atoms with Crippen molar-refractivity contribution in [2.24, 2.45) is 12.8 Å². The molecule has 2 N–H and O–H groups in total. The highest BCUT2D eigenvalue weighted by atomic mass is 32.2. The maximum Gasteiger partial charge on any atom is 0.262 e. The molecule has 1 aliphatic rings. The first-order chi connectivity index (χ1) is 14.3. The van der Waals surface area contributed by atoms with E-state index in [0.29, 0.717) is 18.7 Å². The second-order valence-corrected chi connectivity index (χ2v) is 9.36. The van der Waals surface area contributed by atoms with Crippen LogP contribution in [0.1, 0.15) is 34.8 Å². The standard InChI is InChI=1S/C21H23N5O3S/c1-25-13-20(23-14-25)30(28,29)26-10-4-7-17(12-26)19-9-3-8-18(24-19)15-5-2-6-16(11-15)21(22)27/h2-3,5-6,8-9,11,13-14,17H,4,7,10,12H2,1H3,(H2,22,27)/t17-/m0/s1. The molecule has 0 spiro atoms. The number of aromatic nitrogens is 3. The van der Waals surface area contributed by atoms with Crippen molar-refractivity contribution < 1.29 is 13.2 Å². The van der Waals surface area contributed by atoms with Crippen molar-refractivity contribution in [1.82, 2.24) is 18.8 Å². The normalized spacial score (nSPS) is 17.7. The second kappa shape index (κ2) is 8.00. The summed E-state index contributed by atoms with van der Waals surface area (Å²) in [4.78, 5) is 20.3. The van der Waals surface area contributed by atoms with E-state index in [1.165, 1.54) is 16.8 Å². The third kappa shape index (κ3) is 3.99. The van der Waals surface area contributed by atoms with Gasteiger partial charge in [0.1, 0.15) is 0 Å². The molecule has 0 bridgehead atoms. The van der Waals surface area contributed by atoms with Crippen molar-refractivity contribution in [3.63, 3.8) is 0 Å². The summed E-state index contributed by atoms with van der Waals surface area (Å²) < 4.78 is 29.0. The monoisotopic (exact) mass is 425 g/mol. The summed E-state index contributed by atoms with van der Waals surface area (Å²) in [6.07, 6.45) is 4.61. The van der Waals surface area contributed by atoms with Crippen molar-refractivity contribution >= 4 is 15.9 Å². The van der Waals surface area contributed by atoms with E-state index >= 15 is 0 Å². The van der Waals surface area contributed by atoms with Gasteiger partial charge in [0.25, 0.3) is 10.0 Å². The van der Waals surface area contributed by atoms with Crippen LogP contribution < -0.4 is 5.73 Å². The molecule has 3 heterocycles. The first kappa shape index (κ1) is 20.2. The zero-order valence-corrected chi connectivity index (χ0v) is 17.4. The fraction of sp³-hybridized carbons (Fsp3) is 0.286. The second-order valence-electron chi connectivity index (χ2n) is 7.47. The lowest BCUT2D eigenvalue weighted by Gasteiger charge is -2.31. The number of benzene rings is 1. The van der Waals surface area contributed by atoms with Crippen LogP contribution in [-0.2, 0) is 17.1 Å². The van der Waals surface area contributed by atoms with Gasteiger partial charge in [-0.05, 0) is 37.1 Å². The number of nitrogens with zero attached hydrogens (tertiary/aromatic N) is 4. The largest absolute Gasteiger partial charge is 0.366 e. The Balaban J connectivity index is 1.59. The number of amides is 1. The van der Waals surface area contributed by atoms with Gasteiger partial charge in [-0.25, -0.2) is 13.4 Å². The molecular formula is C21H23N5O3S. The van der Waals surface area contributed by atoms with Crippen molar-refractivity contribution in [2.45, 2.75) is 23.8 Å². The fourth-order valence-electron chi connectivity index (χ4n) is 3.73. The minimum absolute atomic E-state index is 0.0171. The van der Waals surface area contributed by atoms with Gasteiger partial charge in [-0.15, -0.1) is 0 Å². The third-order valence-corrected chi connectivity index (χ3v) is 7.05. The van der Waals surface area contributed by atoms with E-state index in [-0.39, 0.29) is 10.9 Å². The van der Waals surface area contributed by atoms with Crippen molar-refractivity contribution in [3.05, 3.63) is 66.2 Å². The Kier molecular flexibility index (Phi) is 5.40. The Morgan fingerprint density at radius 2 is 2.00 bits per heavy atom. The van der Waals surface area contributed by atoms with E-state index in [1.54, 1.807) is 29.8 Å². The van der Waals surface area contributed by atoms with Gasteiger partial charge < -0.3 is 10.3 Å². The van der Waals surface area contributed by atoms with E-state index in [1.807, 2.05) is 24.3 Å². The SMILES string of the molecule is Cn1cnc(S(=O)(=O)N2CCC[C@H](c3cccc(-c4cccc(C(N)=O)c4)n3)C2)c1. The number of pyridine rings is 1. The van der Waals surface area contributed by atoms with Gasteiger partial charge >= 0.3 is 0 Å². The van der Waals surface area contributed by atoms with Gasteiger partial charge in [0, 0.05) is 49.1 Å². The number of hydrogen-bond donors (Lipinski definition) is 1. The van der Waals surface area contributed by atoms with Crippen LogP contribution in [0.5, 0.6) is 0 Å². The number of rotatable bonds is 5. The van der Waals surface area contributed by atoms with Crippen LogP contribution in [0.3, 0.4) is 0 Å². The molecule has 1 aromatic carbocycles. The summed E-state index contributed by atoms with van der Waals surface area (Å²) in [6, 6.07) is 12.7. The topological polar surface area (TPSA) is 111 Å². The van der Waals surface area contributed by atoms with Gasteiger partial charge in [-0.3, -0.25) is 9.78 Å². The molecule has 1 saturated heterocycles. The number of carbonyl (C=O) groups is 1. The molecule has 1 fully saturated rings. The number of imidazole rings is 1. The number of nitrogens with two attached hydrogens (primary N) is 1. The van der Waals surface area contributed by atoms with Crippen molar-refractivity contribution in [2.75, 3.05) is 13.1 Å². The van der Waals surface area contributed by atoms with Crippen LogP contribution in [0.15, 0.2) is 60.0 Å². The summed E-state index contributed by atoms with van der Waals surface area (Å²) in [7, 11) is -1.89. The molecule has 3 aromatic rings. The molecule has 1 amide bonds. The maximum atomic E-state index is 13.0.